The number of nitro groups is 1. The molecule has 0 radical (unpaired) electrons. The van der Waals surface area contributed by atoms with Crippen molar-refractivity contribution in [3.63, 3.8) is 0 Å². The molecule has 1 aromatic heterocycles. The minimum absolute atomic E-state index is 0.108. The quantitative estimate of drug-likeness (QED) is 0.375. The van der Waals surface area contributed by atoms with E-state index in [9.17, 15) is 10.1 Å². The van der Waals surface area contributed by atoms with Crippen molar-refractivity contribution >= 4 is 5.69 Å². The van der Waals surface area contributed by atoms with Gasteiger partial charge in [-0.3, -0.25) is 10.1 Å². The van der Waals surface area contributed by atoms with Gasteiger partial charge in [0.1, 0.15) is 0 Å². The molecule has 0 fully saturated rings. The highest BCUT2D eigenvalue weighted by molar-refractivity contribution is 5.32. The first-order valence-electron chi connectivity index (χ1n) is 8.31. The van der Waals surface area contributed by atoms with Crippen molar-refractivity contribution in [2.45, 2.75) is 58.4 Å². The predicted octanol–water partition coefficient (Wildman–Crippen LogP) is 4.14. The number of benzene rings is 1. The summed E-state index contributed by atoms with van der Waals surface area (Å²) >= 11 is 0. The fourth-order valence-electron chi connectivity index (χ4n) is 2.53. The smallest absolute Gasteiger partial charge is 0.258 e. The molecule has 0 atom stereocenters. The first kappa shape index (κ1) is 17.1. The van der Waals surface area contributed by atoms with E-state index in [1.165, 1.54) is 44.2 Å². The summed E-state index contributed by atoms with van der Waals surface area (Å²) in [6.45, 7) is 2.81. The van der Waals surface area contributed by atoms with Gasteiger partial charge in [-0.15, -0.1) is 5.10 Å². The van der Waals surface area contributed by atoms with Crippen LogP contribution in [0.1, 0.15) is 56.7 Å². The van der Waals surface area contributed by atoms with E-state index in [0.29, 0.717) is 6.54 Å². The lowest BCUT2D eigenvalue weighted by atomic mass is 10.1. The van der Waals surface area contributed by atoms with Crippen molar-refractivity contribution in [2.24, 2.45) is 0 Å². The summed E-state index contributed by atoms with van der Waals surface area (Å²) < 4.78 is 1.79. The van der Waals surface area contributed by atoms with E-state index < -0.39 is 4.92 Å². The van der Waals surface area contributed by atoms with Gasteiger partial charge in [0.25, 0.3) is 5.69 Å². The van der Waals surface area contributed by atoms with Crippen molar-refractivity contribution in [2.75, 3.05) is 0 Å². The Labute approximate surface area is 136 Å². The predicted molar refractivity (Wildman–Crippen MR) is 89.3 cm³/mol. The van der Waals surface area contributed by atoms with Crippen LogP contribution in [0.5, 0.6) is 0 Å². The Kier molecular flexibility index (Phi) is 6.72. The molecule has 0 saturated carbocycles. The molecule has 1 aromatic carbocycles. The lowest BCUT2D eigenvalue weighted by molar-refractivity contribution is -0.384. The number of unbranched alkanes of at least 4 members (excludes halogenated alkanes) is 5. The Hall–Kier alpha value is -2.24. The summed E-state index contributed by atoms with van der Waals surface area (Å²) in [5, 5.41) is 19.0. The molecule has 0 spiro atoms. The second-order valence-electron chi connectivity index (χ2n) is 5.85. The highest BCUT2D eigenvalue weighted by Crippen LogP contribution is 2.13. The molecular formula is C17H24N4O2. The van der Waals surface area contributed by atoms with E-state index in [2.05, 4.69) is 17.2 Å². The van der Waals surface area contributed by atoms with Crippen molar-refractivity contribution in [1.29, 1.82) is 0 Å². The van der Waals surface area contributed by atoms with E-state index >= 15 is 0 Å². The second kappa shape index (κ2) is 9.02. The second-order valence-corrected chi connectivity index (χ2v) is 5.85. The Morgan fingerprint density at radius 3 is 2.48 bits per heavy atom. The van der Waals surface area contributed by atoms with Gasteiger partial charge in [0.05, 0.1) is 17.2 Å². The third kappa shape index (κ3) is 5.81. The van der Waals surface area contributed by atoms with Crippen LogP contribution in [-0.4, -0.2) is 19.9 Å². The molecule has 0 bridgehead atoms. The molecule has 0 aliphatic rings. The Balaban J connectivity index is 1.77. The molecule has 0 amide bonds. The molecule has 1 heterocycles. The number of aromatic nitrogens is 3. The fourth-order valence-corrected chi connectivity index (χ4v) is 2.53. The summed E-state index contributed by atoms with van der Waals surface area (Å²) in [5.74, 6) is 0. The molecule has 23 heavy (non-hydrogen) atoms. The minimum atomic E-state index is -0.391. The van der Waals surface area contributed by atoms with E-state index in [-0.39, 0.29) is 5.69 Å². The lowest BCUT2D eigenvalue weighted by Gasteiger charge is -2.00. The van der Waals surface area contributed by atoms with Crippen LogP contribution in [0.25, 0.3) is 0 Å². The van der Waals surface area contributed by atoms with Crippen molar-refractivity contribution in [3.05, 3.63) is 51.8 Å². The standard InChI is InChI=1S/C17H24N4O2/c1-2-3-4-5-6-7-8-16-14-20(19-18-16)13-15-9-11-17(12-10-15)21(22)23/h9-12,14H,2-8,13H2,1H3. The van der Waals surface area contributed by atoms with E-state index in [4.69, 9.17) is 0 Å². The number of hydrogen-bond donors (Lipinski definition) is 0. The number of aryl methyl sites for hydroxylation is 1. The van der Waals surface area contributed by atoms with Crippen LogP contribution in [0.15, 0.2) is 30.5 Å². The third-order valence-corrected chi connectivity index (χ3v) is 3.86. The van der Waals surface area contributed by atoms with Gasteiger partial charge in [-0.05, 0) is 18.4 Å². The van der Waals surface area contributed by atoms with Crippen LogP contribution in [0.3, 0.4) is 0 Å². The largest absolute Gasteiger partial charge is 0.269 e. The number of nitrogens with zero attached hydrogens (tertiary/aromatic N) is 4. The summed E-state index contributed by atoms with van der Waals surface area (Å²) in [6, 6.07) is 6.55. The summed E-state index contributed by atoms with van der Waals surface area (Å²) in [7, 11) is 0. The molecule has 2 rings (SSSR count). The average Bonchev–Trinajstić information content (AvgIpc) is 2.98. The normalized spacial score (nSPS) is 10.8. The molecule has 0 N–H and O–H groups in total. The zero-order chi connectivity index (χ0) is 16.5. The molecule has 0 unspecified atom stereocenters. The maximum Gasteiger partial charge on any atom is 0.269 e. The molecule has 0 saturated heterocycles. The number of nitro benzene ring substituents is 1. The van der Waals surface area contributed by atoms with Crippen LogP contribution >= 0.6 is 0 Å². The molecule has 6 nitrogen and oxygen atoms in total. The van der Waals surface area contributed by atoms with Crippen molar-refractivity contribution in [3.8, 4) is 0 Å². The van der Waals surface area contributed by atoms with Crippen LogP contribution in [0.2, 0.25) is 0 Å². The Morgan fingerprint density at radius 2 is 1.78 bits per heavy atom. The number of hydrogen-bond acceptors (Lipinski definition) is 4. The van der Waals surface area contributed by atoms with Crippen molar-refractivity contribution in [1.82, 2.24) is 15.0 Å². The summed E-state index contributed by atoms with van der Waals surface area (Å²) in [6.07, 6.45) is 10.5. The molecule has 0 aliphatic heterocycles. The van der Waals surface area contributed by atoms with Crippen LogP contribution < -0.4 is 0 Å². The van der Waals surface area contributed by atoms with Gasteiger partial charge in [-0.1, -0.05) is 56.4 Å². The van der Waals surface area contributed by atoms with Gasteiger partial charge >= 0.3 is 0 Å². The highest BCUT2D eigenvalue weighted by Gasteiger charge is 2.05. The molecule has 2 aromatic rings. The molecule has 6 heteroatoms. The van der Waals surface area contributed by atoms with E-state index in [1.807, 2.05) is 6.20 Å². The van der Waals surface area contributed by atoms with Gasteiger partial charge in [0, 0.05) is 18.3 Å². The summed E-state index contributed by atoms with van der Waals surface area (Å²) in [5.41, 5.74) is 2.10. The van der Waals surface area contributed by atoms with Gasteiger partial charge < -0.3 is 0 Å². The topological polar surface area (TPSA) is 73.8 Å². The molecule has 124 valence electrons. The monoisotopic (exact) mass is 316 g/mol. The number of rotatable bonds is 10. The fraction of sp³-hybridized carbons (Fsp3) is 0.529. The van der Waals surface area contributed by atoms with Gasteiger partial charge in [-0.2, -0.15) is 0 Å². The zero-order valence-corrected chi connectivity index (χ0v) is 13.6. The van der Waals surface area contributed by atoms with E-state index in [1.54, 1.807) is 16.8 Å². The van der Waals surface area contributed by atoms with Crippen LogP contribution in [0.4, 0.5) is 5.69 Å². The summed E-state index contributed by atoms with van der Waals surface area (Å²) in [4.78, 5) is 10.2. The zero-order valence-electron chi connectivity index (χ0n) is 13.6. The minimum Gasteiger partial charge on any atom is -0.258 e. The maximum absolute atomic E-state index is 10.6. The van der Waals surface area contributed by atoms with Crippen molar-refractivity contribution < 1.29 is 4.92 Å². The molecule has 0 aliphatic carbocycles. The average molecular weight is 316 g/mol. The molecular weight excluding hydrogens is 292 g/mol. The lowest BCUT2D eigenvalue weighted by Crippen LogP contribution is -2.00. The van der Waals surface area contributed by atoms with Gasteiger partial charge in [0.15, 0.2) is 0 Å². The van der Waals surface area contributed by atoms with Crippen LogP contribution in [-0.2, 0) is 13.0 Å². The Morgan fingerprint density at radius 1 is 1.09 bits per heavy atom. The highest BCUT2D eigenvalue weighted by atomic mass is 16.6. The van der Waals surface area contributed by atoms with Gasteiger partial charge in [0.2, 0.25) is 0 Å². The first-order valence-corrected chi connectivity index (χ1v) is 8.31. The Bertz CT molecular complexity index is 607. The van der Waals surface area contributed by atoms with Crippen LogP contribution in [0, 0.1) is 10.1 Å². The van der Waals surface area contributed by atoms with Gasteiger partial charge in [-0.25, -0.2) is 4.68 Å². The SMILES string of the molecule is CCCCCCCCc1cn(Cc2ccc([N+](=O)[O-])cc2)nn1. The van der Waals surface area contributed by atoms with E-state index in [0.717, 1.165) is 24.1 Å². The first-order chi connectivity index (χ1) is 11.2. The number of non-ortho nitro benzene ring substituents is 1. The maximum atomic E-state index is 10.6. The third-order valence-electron chi connectivity index (χ3n) is 3.86.